The largest absolute Gasteiger partial charge is 0.463 e. The molecular weight excluding hydrogens is 267 g/mol. The van der Waals surface area contributed by atoms with Crippen LogP contribution in [0.25, 0.3) is 0 Å². The second kappa shape index (κ2) is 4.79. The number of aliphatic imine (C=N–C) groups is 1. The third kappa shape index (κ3) is 3.30. The van der Waals surface area contributed by atoms with Crippen molar-refractivity contribution in [3.63, 3.8) is 0 Å². The van der Waals surface area contributed by atoms with E-state index >= 15 is 0 Å². The normalized spacial score (nSPS) is 22.0. The van der Waals surface area contributed by atoms with Crippen molar-refractivity contribution in [3.8, 4) is 0 Å². The van der Waals surface area contributed by atoms with E-state index in [1.54, 1.807) is 6.92 Å². The van der Waals surface area contributed by atoms with E-state index in [1.165, 1.54) is 5.32 Å². The summed E-state index contributed by atoms with van der Waals surface area (Å²) < 4.78 is 60.7. The minimum absolute atomic E-state index is 0.0160. The quantitative estimate of drug-likeness (QED) is 0.746. The van der Waals surface area contributed by atoms with Gasteiger partial charge in [-0.25, -0.2) is 0 Å². The lowest BCUT2D eigenvalue weighted by molar-refractivity contribution is -0.269. The fraction of sp³-hybridized carbons (Fsp3) is 0.750. The van der Waals surface area contributed by atoms with Crippen LogP contribution in [0.2, 0.25) is 0 Å². The van der Waals surface area contributed by atoms with E-state index in [0.717, 1.165) is 11.8 Å². The summed E-state index contributed by atoms with van der Waals surface area (Å²) in [6.07, 6.45) is -5.22. The topological polar surface area (TPSA) is 41.5 Å². The Morgan fingerprint density at radius 3 is 2.47 bits per heavy atom. The number of thioether (sulfide) groups is 1. The maximum atomic E-state index is 12.6. The molecule has 1 N–H and O–H groups in total. The Labute approximate surface area is 97.8 Å². The van der Waals surface area contributed by atoms with Gasteiger partial charge in [-0.15, -0.1) is 0 Å². The number of hydrogen-bond acceptors (Lipinski definition) is 3. The number of rotatable bonds is 1. The van der Waals surface area contributed by atoms with Gasteiger partial charge in [-0.2, -0.15) is 22.0 Å². The number of hydrogen-bond donors (Lipinski definition) is 1. The Bertz CT molecular complexity index is 341. The van der Waals surface area contributed by atoms with Gasteiger partial charge < -0.3 is 0 Å². The number of amidine groups is 1. The van der Waals surface area contributed by atoms with Crippen LogP contribution in [0.1, 0.15) is 13.3 Å². The minimum atomic E-state index is -5.90. The summed E-state index contributed by atoms with van der Waals surface area (Å²) in [5, 5.41) is 1.32. The number of nitrogens with one attached hydrogen (secondary N) is 1. The molecule has 0 aromatic heterocycles. The molecule has 9 heteroatoms. The molecule has 0 aromatic rings. The highest BCUT2D eigenvalue weighted by molar-refractivity contribution is 8.14. The second-order valence-electron chi connectivity index (χ2n) is 3.43. The molecule has 1 amide bonds. The summed E-state index contributed by atoms with van der Waals surface area (Å²) in [4.78, 5) is 14.5. The Balaban J connectivity index is 2.70. The lowest BCUT2D eigenvalue weighted by Gasteiger charge is -2.22. The van der Waals surface area contributed by atoms with Gasteiger partial charge in [-0.05, 0) is 6.42 Å². The number of nitrogens with zero attached hydrogens (tertiary/aromatic N) is 1. The molecule has 3 nitrogen and oxygen atoms in total. The van der Waals surface area contributed by atoms with Crippen molar-refractivity contribution in [3.05, 3.63) is 0 Å². The zero-order valence-electron chi connectivity index (χ0n) is 8.65. The monoisotopic (exact) mass is 276 g/mol. The summed E-state index contributed by atoms with van der Waals surface area (Å²) >= 11 is 0.959. The van der Waals surface area contributed by atoms with E-state index in [4.69, 9.17) is 0 Å². The fourth-order valence-corrected chi connectivity index (χ4v) is 1.93. The Hall–Kier alpha value is -0.860. The molecule has 1 aliphatic heterocycles. The predicted molar refractivity (Wildman–Crippen MR) is 53.1 cm³/mol. The zero-order valence-corrected chi connectivity index (χ0v) is 9.46. The number of halogens is 5. The molecule has 0 spiro atoms. The van der Waals surface area contributed by atoms with Crippen molar-refractivity contribution in [1.82, 2.24) is 5.32 Å². The van der Waals surface area contributed by atoms with Crippen molar-refractivity contribution < 1.29 is 26.7 Å². The van der Waals surface area contributed by atoms with Gasteiger partial charge in [0.2, 0.25) is 0 Å². The predicted octanol–water partition coefficient (Wildman–Crippen LogP) is 2.18. The summed E-state index contributed by atoms with van der Waals surface area (Å²) in [5.74, 6) is -7.80. The number of alkyl halides is 5. The van der Waals surface area contributed by atoms with Gasteiger partial charge in [0.05, 0.1) is 0 Å². The van der Waals surface area contributed by atoms with Crippen LogP contribution in [-0.2, 0) is 4.79 Å². The highest BCUT2D eigenvalue weighted by Crippen LogP contribution is 2.35. The third-order valence-electron chi connectivity index (χ3n) is 1.97. The lowest BCUT2D eigenvalue weighted by Crippen LogP contribution is -2.51. The van der Waals surface area contributed by atoms with E-state index in [1.807, 2.05) is 0 Å². The van der Waals surface area contributed by atoms with E-state index in [0.29, 0.717) is 13.0 Å². The van der Waals surface area contributed by atoms with Gasteiger partial charge in [0, 0.05) is 11.8 Å². The molecule has 1 unspecified atom stereocenters. The van der Waals surface area contributed by atoms with E-state index < -0.39 is 18.0 Å². The maximum absolute atomic E-state index is 12.6. The summed E-state index contributed by atoms with van der Waals surface area (Å²) in [6, 6.07) is 0. The van der Waals surface area contributed by atoms with E-state index in [9.17, 15) is 26.7 Å². The van der Waals surface area contributed by atoms with Crippen LogP contribution in [0, 0.1) is 0 Å². The molecule has 0 bridgehead atoms. The highest BCUT2D eigenvalue weighted by atomic mass is 32.2. The third-order valence-corrected chi connectivity index (χ3v) is 3.06. The average Bonchev–Trinajstić information content (AvgIpc) is 2.15. The van der Waals surface area contributed by atoms with Gasteiger partial charge >= 0.3 is 18.0 Å². The molecule has 1 atom stereocenters. The standard InChI is InChI=1S/C8H9F5N2OS/c1-4-2-3-14-6(17-4)15-5(16)7(9,10)8(11,12)13/h4H,2-3H2,1H3,(H,14,15,16). The molecule has 17 heavy (non-hydrogen) atoms. The first kappa shape index (κ1) is 14.2. The van der Waals surface area contributed by atoms with Crippen molar-refractivity contribution in [2.75, 3.05) is 6.54 Å². The molecule has 1 aliphatic rings. The van der Waals surface area contributed by atoms with E-state index in [-0.39, 0.29) is 10.4 Å². The lowest BCUT2D eigenvalue weighted by atomic mass is 10.3. The molecule has 0 saturated heterocycles. The van der Waals surface area contributed by atoms with E-state index in [2.05, 4.69) is 4.99 Å². The second-order valence-corrected chi connectivity index (χ2v) is 4.86. The molecule has 0 aliphatic carbocycles. The summed E-state index contributed by atoms with van der Waals surface area (Å²) in [5.41, 5.74) is 0. The van der Waals surface area contributed by atoms with Crippen LogP contribution in [0.3, 0.4) is 0 Å². The van der Waals surface area contributed by atoms with Crippen LogP contribution in [0.5, 0.6) is 0 Å². The van der Waals surface area contributed by atoms with Crippen LogP contribution >= 0.6 is 11.8 Å². The molecule has 1 rings (SSSR count). The van der Waals surface area contributed by atoms with Crippen LogP contribution in [0.15, 0.2) is 4.99 Å². The van der Waals surface area contributed by atoms with Crippen LogP contribution in [-0.4, -0.2) is 35.0 Å². The number of carbonyl (C=O) groups is 1. The smallest absolute Gasteiger partial charge is 0.300 e. The van der Waals surface area contributed by atoms with Gasteiger partial charge in [0.15, 0.2) is 5.17 Å². The van der Waals surface area contributed by atoms with Gasteiger partial charge in [-0.1, -0.05) is 18.7 Å². The first-order valence-corrected chi connectivity index (χ1v) is 5.49. The van der Waals surface area contributed by atoms with Crippen molar-refractivity contribution in [2.45, 2.75) is 30.7 Å². The summed E-state index contributed by atoms with van der Waals surface area (Å²) in [6.45, 7) is 2.05. The molecular formula is C8H9F5N2OS. The molecule has 1 heterocycles. The maximum Gasteiger partial charge on any atom is 0.463 e. The van der Waals surface area contributed by atoms with Crippen molar-refractivity contribution in [2.24, 2.45) is 4.99 Å². The van der Waals surface area contributed by atoms with Gasteiger partial charge in [0.1, 0.15) is 0 Å². The van der Waals surface area contributed by atoms with Gasteiger partial charge in [-0.3, -0.25) is 15.1 Å². The van der Waals surface area contributed by atoms with Crippen LogP contribution < -0.4 is 5.32 Å². The summed E-state index contributed by atoms with van der Waals surface area (Å²) in [7, 11) is 0. The van der Waals surface area contributed by atoms with Gasteiger partial charge in [0.25, 0.3) is 0 Å². The fourth-order valence-electron chi connectivity index (χ4n) is 1.01. The number of carbonyl (C=O) groups excluding carboxylic acids is 1. The molecule has 98 valence electrons. The molecule has 0 fully saturated rings. The highest BCUT2D eigenvalue weighted by Gasteiger charge is 2.63. The first-order valence-electron chi connectivity index (χ1n) is 4.61. The average molecular weight is 276 g/mol. The Kier molecular flexibility index (Phi) is 4.00. The zero-order chi connectivity index (χ0) is 13.3. The Morgan fingerprint density at radius 1 is 1.41 bits per heavy atom. The first-order chi connectivity index (χ1) is 7.64. The minimum Gasteiger partial charge on any atom is -0.300 e. The van der Waals surface area contributed by atoms with Crippen molar-refractivity contribution >= 4 is 22.8 Å². The molecule has 0 saturated carbocycles. The van der Waals surface area contributed by atoms with Crippen molar-refractivity contribution in [1.29, 1.82) is 0 Å². The number of amides is 1. The SMILES string of the molecule is CC1CCN=C(NC(=O)C(F)(F)C(F)(F)F)S1. The Morgan fingerprint density at radius 2 is 2.00 bits per heavy atom. The van der Waals surface area contributed by atoms with Crippen LogP contribution in [0.4, 0.5) is 22.0 Å². The molecule has 0 aromatic carbocycles. The molecule has 0 radical (unpaired) electrons.